The van der Waals surface area contributed by atoms with Crippen molar-refractivity contribution in [2.75, 3.05) is 7.11 Å². The normalized spacial score (nSPS) is 49.3. The fraction of sp³-hybridized carbons (Fsp3) is 0.903. The predicted octanol–water partition coefficient (Wildman–Crippen LogP) is 6.52. The van der Waals surface area contributed by atoms with Gasteiger partial charge in [-0.3, -0.25) is 14.4 Å². The minimum Gasteiger partial charge on any atom is -0.469 e. The number of ketones is 1. The van der Waals surface area contributed by atoms with Gasteiger partial charge in [0, 0.05) is 24.7 Å². The Morgan fingerprint density at radius 3 is 2.19 bits per heavy atom. The monoisotopic (exact) mass is 500 g/mol. The maximum Gasteiger partial charge on any atom is 0.312 e. The molecule has 4 saturated carbocycles. The van der Waals surface area contributed by atoms with Crippen LogP contribution in [0.25, 0.3) is 0 Å². The van der Waals surface area contributed by atoms with Crippen LogP contribution in [0.1, 0.15) is 113 Å². The maximum atomic E-state index is 14.4. The Kier molecular flexibility index (Phi) is 5.70. The summed E-state index contributed by atoms with van der Waals surface area (Å²) in [5.41, 5.74) is -1.26. The van der Waals surface area contributed by atoms with Crippen molar-refractivity contribution in [2.24, 2.45) is 50.7 Å². The number of carbonyl (C=O) groups excluding carboxylic acids is 3. The van der Waals surface area contributed by atoms with E-state index in [9.17, 15) is 14.4 Å². The van der Waals surface area contributed by atoms with Crippen LogP contribution in [0, 0.1) is 50.7 Å². The minimum atomic E-state index is -0.529. The van der Waals surface area contributed by atoms with E-state index in [0.29, 0.717) is 18.6 Å². The SMILES string of the molecule is COC(=O)[C@]12CCC(C)(C)C[C@H]1C1C(=O)CC3[C@@]4(C)CCC(=O)OC(C)(C)[C@@H]4CC[C@@]3(C)[C@]1(C)CC2. The van der Waals surface area contributed by atoms with E-state index >= 15 is 0 Å². The van der Waals surface area contributed by atoms with E-state index < -0.39 is 11.0 Å². The van der Waals surface area contributed by atoms with Gasteiger partial charge in [0.2, 0.25) is 0 Å². The molecule has 5 rings (SSSR count). The lowest BCUT2D eigenvalue weighted by molar-refractivity contribution is -0.236. The molecule has 0 aromatic heterocycles. The van der Waals surface area contributed by atoms with Crippen LogP contribution in [0.3, 0.4) is 0 Å². The number of Topliss-reactive ketones (excluding diaryl/α,β-unsaturated/α-hetero) is 1. The Morgan fingerprint density at radius 1 is 0.861 bits per heavy atom. The molecule has 0 radical (unpaired) electrons. The van der Waals surface area contributed by atoms with Crippen LogP contribution in [0.4, 0.5) is 0 Å². The molecule has 5 heteroatoms. The summed E-state index contributed by atoms with van der Waals surface area (Å²) >= 11 is 0. The standard InChI is InChI=1S/C31H48O5/c1-26(2)13-15-31(25(34)35-8)16-14-30(7)24(19(31)18-26)20(32)17-22-28(5)11-10-23(33)36-27(3,4)21(28)9-12-29(22,30)6/h19,21-22,24H,9-18H2,1-8H3/t19-,21-,22?,24?,28-,29+,30+,31-/m0/s1. The molecule has 0 bridgehead atoms. The fourth-order valence-corrected chi connectivity index (χ4v) is 10.9. The van der Waals surface area contributed by atoms with Crippen LogP contribution in [-0.4, -0.2) is 30.4 Å². The van der Waals surface area contributed by atoms with Gasteiger partial charge >= 0.3 is 11.9 Å². The topological polar surface area (TPSA) is 69.7 Å². The van der Waals surface area contributed by atoms with E-state index in [1.807, 2.05) is 0 Å². The van der Waals surface area contributed by atoms with Crippen LogP contribution in [0.2, 0.25) is 0 Å². The lowest BCUT2D eigenvalue weighted by Crippen LogP contribution is -2.69. The molecule has 0 spiro atoms. The van der Waals surface area contributed by atoms with E-state index in [1.165, 1.54) is 7.11 Å². The first-order valence-corrected chi connectivity index (χ1v) is 14.4. The second-order valence-electron chi connectivity index (χ2n) is 15.3. The van der Waals surface area contributed by atoms with Gasteiger partial charge in [-0.05, 0) is 98.7 Å². The molecule has 5 nitrogen and oxygen atoms in total. The van der Waals surface area contributed by atoms with Gasteiger partial charge in [-0.25, -0.2) is 0 Å². The van der Waals surface area contributed by atoms with Crippen LogP contribution in [-0.2, 0) is 23.9 Å². The summed E-state index contributed by atoms with van der Waals surface area (Å²) in [6.45, 7) is 15.9. The van der Waals surface area contributed by atoms with E-state index in [0.717, 1.165) is 51.4 Å². The fourth-order valence-electron chi connectivity index (χ4n) is 10.9. The summed E-state index contributed by atoms with van der Waals surface area (Å²) in [6, 6.07) is 0. The highest BCUT2D eigenvalue weighted by Gasteiger charge is 2.72. The lowest BCUT2D eigenvalue weighted by atomic mass is 9.32. The summed E-state index contributed by atoms with van der Waals surface area (Å²) in [4.78, 5) is 40.4. The number of esters is 2. The number of ether oxygens (including phenoxy) is 2. The quantitative estimate of drug-likeness (QED) is 0.384. The molecule has 1 heterocycles. The second-order valence-corrected chi connectivity index (χ2v) is 15.3. The third-order valence-electron chi connectivity index (χ3n) is 13.0. The summed E-state index contributed by atoms with van der Waals surface area (Å²) < 4.78 is 11.4. The molecular weight excluding hydrogens is 452 g/mol. The van der Waals surface area contributed by atoms with Crippen molar-refractivity contribution < 1.29 is 23.9 Å². The number of methoxy groups -OCH3 is 1. The largest absolute Gasteiger partial charge is 0.469 e. The molecule has 4 aliphatic carbocycles. The highest BCUT2D eigenvalue weighted by Crippen LogP contribution is 2.75. The molecule has 1 saturated heterocycles. The molecule has 5 fully saturated rings. The molecule has 5 aliphatic rings. The Bertz CT molecular complexity index is 981. The number of rotatable bonds is 1. The number of carbonyl (C=O) groups is 3. The molecule has 2 unspecified atom stereocenters. The Hall–Kier alpha value is -1.39. The first kappa shape index (κ1) is 26.2. The Morgan fingerprint density at radius 2 is 1.53 bits per heavy atom. The molecular formula is C31H48O5. The van der Waals surface area contributed by atoms with Crippen molar-refractivity contribution in [2.45, 2.75) is 118 Å². The van der Waals surface area contributed by atoms with Gasteiger partial charge in [0.05, 0.1) is 12.5 Å². The van der Waals surface area contributed by atoms with Crippen LogP contribution < -0.4 is 0 Å². The number of fused-ring (bicyclic) bond motifs is 7. The number of cyclic esters (lactones) is 1. The molecule has 8 atom stereocenters. The van der Waals surface area contributed by atoms with Crippen molar-refractivity contribution in [1.82, 2.24) is 0 Å². The van der Waals surface area contributed by atoms with E-state index in [1.54, 1.807) is 0 Å². The van der Waals surface area contributed by atoms with E-state index in [2.05, 4.69) is 48.5 Å². The third kappa shape index (κ3) is 3.28. The summed E-state index contributed by atoms with van der Waals surface area (Å²) in [7, 11) is 1.51. The van der Waals surface area contributed by atoms with Gasteiger partial charge in [0.25, 0.3) is 0 Å². The predicted molar refractivity (Wildman–Crippen MR) is 138 cm³/mol. The molecule has 0 amide bonds. The molecule has 0 aromatic rings. The number of hydrogen-bond acceptors (Lipinski definition) is 5. The van der Waals surface area contributed by atoms with Gasteiger partial charge in [-0.1, -0.05) is 34.6 Å². The highest BCUT2D eigenvalue weighted by atomic mass is 16.6. The first-order valence-electron chi connectivity index (χ1n) is 14.4. The van der Waals surface area contributed by atoms with Crippen molar-refractivity contribution in [3.05, 3.63) is 0 Å². The zero-order valence-electron chi connectivity index (χ0n) is 23.9. The zero-order valence-corrected chi connectivity index (χ0v) is 23.9. The van der Waals surface area contributed by atoms with E-state index in [4.69, 9.17) is 9.47 Å². The van der Waals surface area contributed by atoms with Gasteiger partial charge in [-0.2, -0.15) is 0 Å². The average Bonchev–Trinajstić information content (AvgIpc) is 2.87. The van der Waals surface area contributed by atoms with Gasteiger partial charge in [0.1, 0.15) is 11.4 Å². The van der Waals surface area contributed by atoms with Crippen molar-refractivity contribution in [3.8, 4) is 0 Å². The molecule has 36 heavy (non-hydrogen) atoms. The average molecular weight is 501 g/mol. The van der Waals surface area contributed by atoms with Gasteiger partial charge in [-0.15, -0.1) is 0 Å². The third-order valence-corrected chi connectivity index (χ3v) is 13.0. The molecule has 0 aromatic carbocycles. The smallest absolute Gasteiger partial charge is 0.312 e. The molecule has 0 N–H and O–H groups in total. The second kappa shape index (κ2) is 7.82. The van der Waals surface area contributed by atoms with E-state index in [-0.39, 0.29) is 57.3 Å². The first-order chi connectivity index (χ1) is 16.6. The molecule has 1 aliphatic heterocycles. The van der Waals surface area contributed by atoms with Crippen LogP contribution in [0.15, 0.2) is 0 Å². The van der Waals surface area contributed by atoms with Crippen molar-refractivity contribution in [1.29, 1.82) is 0 Å². The highest BCUT2D eigenvalue weighted by molar-refractivity contribution is 5.87. The molecule has 202 valence electrons. The van der Waals surface area contributed by atoms with Crippen molar-refractivity contribution in [3.63, 3.8) is 0 Å². The summed E-state index contributed by atoms with van der Waals surface area (Å²) in [6.07, 6.45) is 8.27. The Labute approximate surface area is 217 Å². The summed E-state index contributed by atoms with van der Waals surface area (Å²) in [5, 5.41) is 0. The lowest BCUT2D eigenvalue weighted by Gasteiger charge is -2.71. The minimum absolute atomic E-state index is 0.0236. The maximum absolute atomic E-state index is 14.4. The summed E-state index contributed by atoms with van der Waals surface area (Å²) in [5.74, 6) is 0.548. The Balaban J connectivity index is 1.60. The zero-order chi connectivity index (χ0) is 26.5. The van der Waals surface area contributed by atoms with Gasteiger partial charge < -0.3 is 9.47 Å². The van der Waals surface area contributed by atoms with Gasteiger partial charge in [0.15, 0.2) is 0 Å². The number of hydrogen-bond donors (Lipinski definition) is 0. The van der Waals surface area contributed by atoms with Crippen LogP contribution in [0.5, 0.6) is 0 Å². The van der Waals surface area contributed by atoms with Crippen LogP contribution >= 0.6 is 0 Å². The van der Waals surface area contributed by atoms with Crippen molar-refractivity contribution >= 4 is 17.7 Å².